The van der Waals surface area contributed by atoms with Crippen molar-refractivity contribution in [2.24, 2.45) is 0 Å². The van der Waals surface area contributed by atoms with Gasteiger partial charge in [-0.3, -0.25) is 0 Å². The Morgan fingerprint density at radius 3 is 2.53 bits per heavy atom. The third-order valence-electron chi connectivity index (χ3n) is 2.66. The molecule has 0 heterocycles. The standard InChI is InChI=1S/C13H12N2/c1-8-3-4-11-12(5-8)9(2)6-10(7-14)13(11)15/h3-6H,15H2,1-2H3. The van der Waals surface area contributed by atoms with Gasteiger partial charge >= 0.3 is 0 Å². The molecule has 0 aliphatic rings. The van der Waals surface area contributed by atoms with Crippen LogP contribution in [-0.4, -0.2) is 0 Å². The van der Waals surface area contributed by atoms with Gasteiger partial charge in [-0.1, -0.05) is 23.8 Å². The lowest BCUT2D eigenvalue weighted by molar-refractivity contribution is 1.44. The number of nitriles is 1. The van der Waals surface area contributed by atoms with Crippen molar-refractivity contribution in [3.63, 3.8) is 0 Å². The molecule has 0 saturated heterocycles. The number of anilines is 1. The summed E-state index contributed by atoms with van der Waals surface area (Å²) in [5.74, 6) is 0. The van der Waals surface area contributed by atoms with E-state index < -0.39 is 0 Å². The molecule has 2 N–H and O–H groups in total. The predicted molar refractivity (Wildman–Crippen MR) is 62.5 cm³/mol. The Bertz CT molecular complexity index is 577. The maximum absolute atomic E-state index is 8.93. The SMILES string of the molecule is Cc1ccc2c(N)c(C#N)cc(C)c2c1. The lowest BCUT2D eigenvalue weighted by Gasteiger charge is -2.08. The second-order valence-corrected chi connectivity index (χ2v) is 3.82. The van der Waals surface area contributed by atoms with Crippen molar-refractivity contribution in [3.05, 3.63) is 41.0 Å². The zero-order valence-electron chi connectivity index (χ0n) is 8.83. The first kappa shape index (κ1) is 9.54. The molecular formula is C13H12N2. The van der Waals surface area contributed by atoms with Crippen molar-refractivity contribution in [1.82, 2.24) is 0 Å². The summed E-state index contributed by atoms with van der Waals surface area (Å²) < 4.78 is 0. The molecule has 0 aliphatic heterocycles. The highest BCUT2D eigenvalue weighted by Crippen LogP contribution is 2.28. The molecule has 0 amide bonds. The summed E-state index contributed by atoms with van der Waals surface area (Å²) in [4.78, 5) is 0. The van der Waals surface area contributed by atoms with E-state index >= 15 is 0 Å². The topological polar surface area (TPSA) is 49.8 Å². The summed E-state index contributed by atoms with van der Waals surface area (Å²) in [5.41, 5.74) is 9.37. The summed E-state index contributed by atoms with van der Waals surface area (Å²) in [6, 6.07) is 10.1. The molecule has 0 aromatic heterocycles. The van der Waals surface area contributed by atoms with E-state index in [1.807, 2.05) is 32.0 Å². The number of nitrogen functional groups attached to an aromatic ring is 1. The highest BCUT2D eigenvalue weighted by Gasteiger charge is 2.06. The molecule has 2 aromatic rings. The highest BCUT2D eigenvalue weighted by atomic mass is 14.6. The first-order valence-electron chi connectivity index (χ1n) is 4.83. The summed E-state index contributed by atoms with van der Waals surface area (Å²) in [6.07, 6.45) is 0. The monoisotopic (exact) mass is 196 g/mol. The summed E-state index contributed by atoms with van der Waals surface area (Å²) in [6.45, 7) is 4.05. The quantitative estimate of drug-likeness (QED) is 0.658. The van der Waals surface area contributed by atoms with Crippen LogP contribution < -0.4 is 5.73 Å². The Morgan fingerprint density at radius 1 is 1.13 bits per heavy atom. The summed E-state index contributed by atoms with van der Waals surface area (Å²) >= 11 is 0. The van der Waals surface area contributed by atoms with Gasteiger partial charge in [0.05, 0.1) is 11.3 Å². The number of nitrogens with two attached hydrogens (primary N) is 1. The molecule has 0 bridgehead atoms. The zero-order chi connectivity index (χ0) is 11.0. The van der Waals surface area contributed by atoms with Crippen LogP contribution in [0.1, 0.15) is 16.7 Å². The number of aryl methyl sites for hydroxylation is 2. The third kappa shape index (κ3) is 1.42. The first-order valence-corrected chi connectivity index (χ1v) is 4.83. The molecule has 15 heavy (non-hydrogen) atoms. The highest BCUT2D eigenvalue weighted by molar-refractivity contribution is 5.97. The Morgan fingerprint density at radius 2 is 1.87 bits per heavy atom. The van der Waals surface area contributed by atoms with E-state index in [1.54, 1.807) is 0 Å². The van der Waals surface area contributed by atoms with Crippen LogP contribution in [-0.2, 0) is 0 Å². The smallest absolute Gasteiger partial charge is 0.101 e. The van der Waals surface area contributed by atoms with Crippen LogP contribution >= 0.6 is 0 Å². The minimum Gasteiger partial charge on any atom is -0.397 e. The molecule has 0 unspecified atom stereocenters. The molecule has 0 saturated carbocycles. The molecule has 74 valence electrons. The Balaban J connectivity index is 2.94. The lowest BCUT2D eigenvalue weighted by Crippen LogP contribution is -1.94. The van der Waals surface area contributed by atoms with Crippen molar-refractivity contribution >= 4 is 16.5 Å². The number of benzene rings is 2. The van der Waals surface area contributed by atoms with Crippen LogP contribution in [0.3, 0.4) is 0 Å². The Kier molecular flexibility index (Phi) is 2.09. The van der Waals surface area contributed by atoms with Gasteiger partial charge in [-0.25, -0.2) is 0 Å². The van der Waals surface area contributed by atoms with E-state index in [2.05, 4.69) is 12.1 Å². The summed E-state index contributed by atoms with van der Waals surface area (Å²) in [5, 5.41) is 11.0. The number of rotatable bonds is 0. The lowest BCUT2D eigenvalue weighted by atomic mass is 9.98. The molecule has 2 rings (SSSR count). The maximum Gasteiger partial charge on any atom is 0.101 e. The number of hydrogen-bond acceptors (Lipinski definition) is 2. The fourth-order valence-corrected chi connectivity index (χ4v) is 1.83. The number of nitrogens with zero attached hydrogens (tertiary/aromatic N) is 1. The molecule has 0 atom stereocenters. The van der Waals surface area contributed by atoms with Crippen molar-refractivity contribution < 1.29 is 0 Å². The second kappa shape index (κ2) is 3.29. The van der Waals surface area contributed by atoms with Gasteiger partial charge in [0.2, 0.25) is 0 Å². The molecule has 2 heteroatoms. The Labute approximate surface area is 88.9 Å². The Hall–Kier alpha value is -2.01. The fourth-order valence-electron chi connectivity index (χ4n) is 1.83. The van der Waals surface area contributed by atoms with E-state index in [1.165, 1.54) is 5.56 Å². The first-order chi connectivity index (χ1) is 7.13. The molecule has 0 spiro atoms. The van der Waals surface area contributed by atoms with Gasteiger partial charge in [0, 0.05) is 5.39 Å². The van der Waals surface area contributed by atoms with Gasteiger partial charge in [-0.05, 0) is 30.9 Å². The van der Waals surface area contributed by atoms with Gasteiger partial charge in [0.15, 0.2) is 0 Å². The van der Waals surface area contributed by atoms with Gasteiger partial charge in [0.25, 0.3) is 0 Å². The summed E-state index contributed by atoms with van der Waals surface area (Å²) in [7, 11) is 0. The molecule has 2 nitrogen and oxygen atoms in total. The van der Waals surface area contributed by atoms with E-state index in [0.717, 1.165) is 16.3 Å². The average Bonchev–Trinajstić information content (AvgIpc) is 2.23. The minimum absolute atomic E-state index is 0.559. The zero-order valence-corrected chi connectivity index (χ0v) is 8.83. The molecular weight excluding hydrogens is 184 g/mol. The van der Waals surface area contributed by atoms with Crippen molar-refractivity contribution in [1.29, 1.82) is 5.26 Å². The van der Waals surface area contributed by atoms with Crippen LogP contribution in [0, 0.1) is 25.2 Å². The normalized spacial score (nSPS) is 10.2. The number of fused-ring (bicyclic) bond motifs is 1. The van der Waals surface area contributed by atoms with E-state index in [9.17, 15) is 0 Å². The van der Waals surface area contributed by atoms with E-state index in [-0.39, 0.29) is 0 Å². The molecule has 0 fully saturated rings. The largest absolute Gasteiger partial charge is 0.397 e. The van der Waals surface area contributed by atoms with Gasteiger partial charge in [-0.2, -0.15) is 5.26 Å². The van der Waals surface area contributed by atoms with Gasteiger partial charge < -0.3 is 5.73 Å². The van der Waals surface area contributed by atoms with Crippen LogP contribution in [0.2, 0.25) is 0 Å². The number of hydrogen-bond donors (Lipinski definition) is 1. The van der Waals surface area contributed by atoms with Crippen molar-refractivity contribution in [2.75, 3.05) is 5.73 Å². The predicted octanol–water partition coefficient (Wildman–Crippen LogP) is 2.91. The van der Waals surface area contributed by atoms with Crippen LogP contribution in [0.5, 0.6) is 0 Å². The maximum atomic E-state index is 8.93. The minimum atomic E-state index is 0.559. The average molecular weight is 196 g/mol. The van der Waals surface area contributed by atoms with Crippen LogP contribution in [0.15, 0.2) is 24.3 Å². The van der Waals surface area contributed by atoms with E-state index in [4.69, 9.17) is 11.0 Å². The van der Waals surface area contributed by atoms with Crippen LogP contribution in [0.25, 0.3) is 10.8 Å². The van der Waals surface area contributed by atoms with Crippen molar-refractivity contribution in [2.45, 2.75) is 13.8 Å². The molecule has 0 radical (unpaired) electrons. The van der Waals surface area contributed by atoms with Gasteiger partial charge in [0.1, 0.15) is 6.07 Å². The third-order valence-corrected chi connectivity index (χ3v) is 2.66. The molecule has 2 aromatic carbocycles. The van der Waals surface area contributed by atoms with Gasteiger partial charge in [-0.15, -0.1) is 0 Å². The second-order valence-electron chi connectivity index (χ2n) is 3.82. The molecule has 0 aliphatic carbocycles. The van der Waals surface area contributed by atoms with Crippen molar-refractivity contribution in [3.8, 4) is 6.07 Å². The van der Waals surface area contributed by atoms with E-state index in [0.29, 0.717) is 11.3 Å². The van der Waals surface area contributed by atoms with Crippen LogP contribution in [0.4, 0.5) is 5.69 Å². The fraction of sp³-hybridized carbons (Fsp3) is 0.154.